The molecule has 1 aliphatic heterocycles. The van der Waals surface area contributed by atoms with E-state index in [1.807, 2.05) is 55.5 Å². The van der Waals surface area contributed by atoms with Crippen LogP contribution in [0.1, 0.15) is 22.6 Å². The first-order chi connectivity index (χ1) is 13.3. The second kappa shape index (κ2) is 6.80. The van der Waals surface area contributed by atoms with Crippen molar-refractivity contribution in [2.75, 3.05) is 11.6 Å². The molecule has 0 fully saturated rings. The lowest BCUT2D eigenvalue weighted by atomic mass is 9.87. The maximum atomic E-state index is 13.3. The number of rotatable bonds is 3. The first kappa shape index (κ1) is 18.3. The first-order valence-electron chi connectivity index (χ1n) is 8.82. The normalized spacial score (nSPS) is 13.2. The highest BCUT2D eigenvalue weighted by Gasteiger charge is 2.32. The van der Waals surface area contributed by atoms with Gasteiger partial charge in [-0.2, -0.15) is 0 Å². The van der Waals surface area contributed by atoms with Crippen molar-refractivity contribution in [3.63, 3.8) is 0 Å². The summed E-state index contributed by atoms with van der Waals surface area (Å²) in [6, 6.07) is 19.6. The topological polar surface area (TPSA) is 72.5 Å². The Kier molecular flexibility index (Phi) is 4.43. The Balaban J connectivity index is 1.76. The van der Waals surface area contributed by atoms with Crippen molar-refractivity contribution in [1.29, 1.82) is 0 Å². The summed E-state index contributed by atoms with van der Waals surface area (Å²) in [4.78, 5) is 13.5. The quantitative estimate of drug-likeness (QED) is 0.721. The smallest absolute Gasteiger partial charge is 0.236 e. The van der Waals surface area contributed by atoms with E-state index in [1.165, 1.54) is 6.07 Å². The lowest BCUT2D eigenvalue weighted by Gasteiger charge is -2.27. The molecule has 0 saturated heterocycles. The largest absolute Gasteiger partial charge is 0.457 e. The van der Waals surface area contributed by atoms with E-state index in [0.717, 1.165) is 22.9 Å². The Bertz CT molecular complexity index is 1140. The molecule has 0 atom stereocenters. The van der Waals surface area contributed by atoms with Crippen LogP contribution in [0.3, 0.4) is 0 Å². The van der Waals surface area contributed by atoms with E-state index < -0.39 is 15.8 Å². The molecule has 1 N–H and O–H groups in total. The molecule has 0 unspecified atom stereocenters. The van der Waals surface area contributed by atoms with Gasteiger partial charge in [0.2, 0.25) is 5.91 Å². The minimum Gasteiger partial charge on any atom is -0.457 e. The third-order valence-corrected chi connectivity index (χ3v) is 5.95. The summed E-state index contributed by atoms with van der Waals surface area (Å²) in [7, 11) is -3.37. The Labute approximate surface area is 163 Å². The van der Waals surface area contributed by atoms with Gasteiger partial charge in [-0.25, -0.2) is 8.42 Å². The monoisotopic (exact) mass is 393 g/mol. The predicted molar refractivity (Wildman–Crippen MR) is 108 cm³/mol. The van der Waals surface area contributed by atoms with Crippen molar-refractivity contribution < 1.29 is 17.9 Å². The van der Waals surface area contributed by atoms with Gasteiger partial charge in [0.25, 0.3) is 0 Å². The van der Waals surface area contributed by atoms with Crippen LogP contribution in [-0.4, -0.2) is 20.6 Å². The van der Waals surface area contributed by atoms with Crippen molar-refractivity contribution in [1.82, 2.24) is 0 Å². The van der Waals surface area contributed by atoms with Crippen LogP contribution in [0.2, 0.25) is 0 Å². The molecule has 6 heteroatoms. The van der Waals surface area contributed by atoms with Crippen LogP contribution in [-0.2, 0) is 14.6 Å². The van der Waals surface area contributed by atoms with Gasteiger partial charge in [0, 0.05) is 23.1 Å². The van der Waals surface area contributed by atoms with E-state index in [1.54, 1.807) is 12.1 Å². The standard InChI is InChI=1S/C22H19NO4S/c1-14-11-12-15(28(2,25)26)13-18(14)23-22(24)21-16-7-3-5-9-19(16)27-20-10-6-4-8-17(20)21/h3-13,21H,1-2H3,(H,23,24). The lowest BCUT2D eigenvalue weighted by molar-refractivity contribution is -0.116. The number of benzene rings is 3. The van der Waals surface area contributed by atoms with Crippen molar-refractivity contribution in [2.24, 2.45) is 0 Å². The van der Waals surface area contributed by atoms with Gasteiger partial charge in [-0.3, -0.25) is 4.79 Å². The van der Waals surface area contributed by atoms with E-state index in [0.29, 0.717) is 17.2 Å². The molecule has 1 aliphatic rings. The number of nitrogens with one attached hydrogen (secondary N) is 1. The van der Waals surface area contributed by atoms with Gasteiger partial charge in [0.1, 0.15) is 11.5 Å². The van der Waals surface area contributed by atoms with Crippen LogP contribution >= 0.6 is 0 Å². The minimum atomic E-state index is -3.37. The minimum absolute atomic E-state index is 0.168. The fraction of sp³-hybridized carbons (Fsp3) is 0.136. The Morgan fingerprint density at radius 2 is 1.50 bits per heavy atom. The molecule has 0 radical (unpaired) electrons. The van der Waals surface area contributed by atoms with Gasteiger partial charge in [-0.05, 0) is 36.8 Å². The van der Waals surface area contributed by atoms with Crippen molar-refractivity contribution in [3.05, 3.63) is 83.4 Å². The maximum Gasteiger partial charge on any atom is 0.236 e. The molecule has 0 bridgehead atoms. The highest BCUT2D eigenvalue weighted by Crippen LogP contribution is 2.44. The van der Waals surface area contributed by atoms with Gasteiger partial charge in [0.15, 0.2) is 9.84 Å². The zero-order chi connectivity index (χ0) is 19.9. The van der Waals surface area contributed by atoms with E-state index in [2.05, 4.69) is 5.32 Å². The summed E-state index contributed by atoms with van der Waals surface area (Å²) < 4.78 is 29.7. The van der Waals surface area contributed by atoms with Gasteiger partial charge in [0.05, 0.1) is 10.8 Å². The number of amides is 1. The van der Waals surface area contributed by atoms with E-state index in [-0.39, 0.29) is 10.8 Å². The summed E-state index contributed by atoms with van der Waals surface area (Å²) >= 11 is 0. The van der Waals surface area contributed by atoms with Gasteiger partial charge < -0.3 is 10.1 Å². The number of anilines is 1. The number of aryl methyl sites for hydroxylation is 1. The Morgan fingerprint density at radius 3 is 2.07 bits per heavy atom. The van der Waals surface area contributed by atoms with Crippen LogP contribution in [0.5, 0.6) is 11.5 Å². The zero-order valence-corrected chi connectivity index (χ0v) is 16.3. The van der Waals surface area contributed by atoms with Crippen LogP contribution in [0.4, 0.5) is 5.69 Å². The first-order valence-corrected chi connectivity index (χ1v) is 10.7. The molecule has 0 aromatic heterocycles. The lowest BCUT2D eigenvalue weighted by Crippen LogP contribution is -2.25. The van der Waals surface area contributed by atoms with Crippen LogP contribution in [0.15, 0.2) is 71.6 Å². The van der Waals surface area contributed by atoms with E-state index in [9.17, 15) is 13.2 Å². The van der Waals surface area contributed by atoms with Gasteiger partial charge in [-0.1, -0.05) is 42.5 Å². The molecule has 1 amide bonds. The molecule has 1 heterocycles. The van der Waals surface area contributed by atoms with Crippen LogP contribution < -0.4 is 10.1 Å². The Hall–Kier alpha value is -3.12. The number of carbonyl (C=O) groups excluding carboxylic acids is 1. The van der Waals surface area contributed by atoms with Crippen LogP contribution in [0, 0.1) is 6.92 Å². The SMILES string of the molecule is Cc1ccc(S(C)(=O)=O)cc1NC(=O)C1c2ccccc2Oc2ccccc21. The molecule has 142 valence electrons. The number of hydrogen-bond donors (Lipinski definition) is 1. The summed E-state index contributed by atoms with van der Waals surface area (Å²) in [5, 5.41) is 2.92. The number of hydrogen-bond acceptors (Lipinski definition) is 4. The third-order valence-electron chi connectivity index (χ3n) is 4.84. The average Bonchev–Trinajstić information content (AvgIpc) is 2.66. The molecular formula is C22H19NO4S. The number of ether oxygens (including phenoxy) is 1. The molecule has 0 saturated carbocycles. The molecule has 0 spiro atoms. The Morgan fingerprint density at radius 1 is 0.929 bits per heavy atom. The fourth-order valence-corrected chi connectivity index (χ4v) is 4.01. The third kappa shape index (κ3) is 3.27. The molecule has 28 heavy (non-hydrogen) atoms. The maximum absolute atomic E-state index is 13.3. The number of carbonyl (C=O) groups is 1. The van der Waals surface area contributed by atoms with Crippen molar-refractivity contribution >= 4 is 21.4 Å². The fourth-order valence-electron chi connectivity index (χ4n) is 3.36. The average molecular weight is 393 g/mol. The summed E-state index contributed by atoms with van der Waals surface area (Å²) in [5.41, 5.74) is 2.81. The van der Waals surface area contributed by atoms with Crippen molar-refractivity contribution in [2.45, 2.75) is 17.7 Å². The molecule has 5 nitrogen and oxygen atoms in total. The molecule has 0 aliphatic carbocycles. The van der Waals surface area contributed by atoms with Gasteiger partial charge >= 0.3 is 0 Å². The second-order valence-corrected chi connectivity index (χ2v) is 8.86. The van der Waals surface area contributed by atoms with E-state index >= 15 is 0 Å². The molecular weight excluding hydrogens is 374 g/mol. The number of sulfone groups is 1. The summed E-state index contributed by atoms with van der Waals surface area (Å²) in [5.74, 6) is 0.491. The molecule has 3 aromatic carbocycles. The number of para-hydroxylation sites is 2. The highest BCUT2D eigenvalue weighted by molar-refractivity contribution is 7.90. The van der Waals surface area contributed by atoms with Crippen LogP contribution in [0.25, 0.3) is 0 Å². The highest BCUT2D eigenvalue weighted by atomic mass is 32.2. The second-order valence-electron chi connectivity index (χ2n) is 6.85. The van der Waals surface area contributed by atoms with E-state index in [4.69, 9.17) is 4.74 Å². The summed E-state index contributed by atoms with van der Waals surface area (Å²) in [6.45, 7) is 1.83. The predicted octanol–water partition coefficient (Wildman–Crippen LogP) is 4.27. The molecule has 4 rings (SSSR count). The van der Waals surface area contributed by atoms with Crippen molar-refractivity contribution in [3.8, 4) is 11.5 Å². The molecule has 3 aromatic rings. The van der Waals surface area contributed by atoms with Gasteiger partial charge in [-0.15, -0.1) is 0 Å². The summed E-state index contributed by atoms with van der Waals surface area (Å²) in [6.07, 6.45) is 1.15. The number of fused-ring (bicyclic) bond motifs is 2. The zero-order valence-electron chi connectivity index (χ0n) is 15.5.